The van der Waals surface area contributed by atoms with Crippen molar-refractivity contribution >= 4 is 5.91 Å². The van der Waals surface area contributed by atoms with Gasteiger partial charge >= 0.3 is 0 Å². The SMILES string of the molecule is CN(C)CCCN(C)C(=O)c1ccc(F)cc1O. The van der Waals surface area contributed by atoms with E-state index in [0.717, 1.165) is 19.0 Å². The highest BCUT2D eigenvalue weighted by Crippen LogP contribution is 2.19. The number of phenolic OH excluding ortho intramolecular Hbond substituents is 1. The van der Waals surface area contributed by atoms with E-state index < -0.39 is 5.82 Å². The molecule has 0 saturated heterocycles. The molecule has 0 unspecified atom stereocenters. The number of benzene rings is 1. The number of amides is 1. The lowest BCUT2D eigenvalue weighted by atomic mass is 10.1. The summed E-state index contributed by atoms with van der Waals surface area (Å²) < 4.78 is 12.8. The number of nitrogens with zero attached hydrogens (tertiary/aromatic N) is 2. The second-order valence-corrected chi connectivity index (χ2v) is 4.55. The van der Waals surface area contributed by atoms with E-state index in [1.807, 2.05) is 19.0 Å². The number of hydrogen-bond donors (Lipinski definition) is 1. The molecule has 100 valence electrons. The molecule has 5 heteroatoms. The number of rotatable bonds is 5. The second kappa shape index (κ2) is 6.35. The van der Waals surface area contributed by atoms with Gasteiger partial charge in [-0.1, -0.05) is 0 Å². The van der Waals surface area contributed by atoms with Gasteiger partial charge in [-0.3, -0.25) is 4.79 Å². The molecule has 0 heterocycles. The summed E-state index contributed by atoms with van der Waals surface area (Å²) >= 11 is 0. The first-order valence-electron chi connectivity index (χ1n) is 5.80. The third-order valence-electron chi connectivity index (χ3n) is 2.64. The maximum atomic E-state index is 12.8. The molecule has 0 radical (unpaired) electrons. The molecule has 1 N–H and O–H groups in total. The van der Waals surface area contributed by atoms with Gasteiger partial charge < -0.3 is 14.9 Å². The number of halogens is 1. The van der Waals surface area contributed by atoms with Crippen molar-refractivity contribution in [2.45, 2.75) is 6.42 Å². The van der Waals surface area contributed by atoms with E-state index in [1.165, 1.54) is 17.0 Å². The van der Waals surface area contributed by atoms with E-state index in [2.05, 4.69) is 0 Å². The van der Waals surface area contributed by atoms with Gasteiger partial charge in [0.25, 0.3) is 5.91 Å². The highest BCUT2D eigenvalue weighted by molar-refractivity contribution is 5.96. The van der Waals surface area contributed by atoms with Gasteiger partial charge in [-0.25, -0.2) is 4.39 Å². The molecule has 4 nitrogen and oxygen atoms in total. The zero-order chi connectivity index (χ0) is 13.7. The first-order chi connectivity index (χ1) is 8.41. The van der Waals surface area contributed by atoms with E-state index in [4.69, 9.17) is 0 Å². The van der Waals surface area contributed by atoms with Crippen LogP contribution in [0.3, 0.4) is 0 Å². The van der Waals surface area contributed by atoms with Crippen molar-refractivity contribution in [2.24, 2.45) is 0 Å². The number of phenols is 1. The predicted molar refractivity (Wildman–Crippen MR) is 68.2 cm³/mol. The molecule has 0 aliphatic rings. The highest BCUT2D eigenvalue weighted by atomic mass is 19.1. The van der Waals surface area contributed by atoms with Gasteiger partial charge in [0.1, 0.15) is 11.6 Å². The molecule has 0 aromatic heterocycles. The van der Waals surface area contributed by atoms with Crippen molar-refractivity contribution in [3.63, 3.8) is 0 Å². The largest absolute Gasteiger partial charge is 0.507 e. The molecular formula is C13H19FN2O2. The minimum atomic E-state index is -0.556. The molecule has 0 aliphatic carbocycles. The first-order valence-corrected chi connectivity index (χ1v) is 5.80. The fourth-order valence-electron chi connectivity index (χ4n) is 1.62. The third kappa shape index (κ3) is 4.00. The Hall–Kier alpha value is -1.62. The Labute approximate surface area is 107 Å². The van der Waals surface area contributed by atoms with Crippen LogP contribution in [0.4, 0.5) is 4.39 Å². The molecule has 0 aliphatic heterocycles. The molecule has 0 bridgehead atoms. The average molecular weight is 254 g/mol. The average Bonchev–Trinajstić information content (AvgIpc) is 2.27. The van der Waals surface area contributed by atoms with Crippen molar-refractivity contribution in [1.29, 1.82) is 0 Å². The monoisotopic (exact) mass is 254 g/mol. The number of carbonyl (C=O) groups is 1. The van der Waals surface area contributed by atoms with Crippen molar-refractivity contribution in [2.75, 3.05) is 34.2 Å². The van der Waals surface area contributed by atoms with Crippen LogP contribution in [-0.4, -0.2) is 55.0 Å². The lowest BCUT2D eigenvalue weighted by molar-refractivity contribution is 0.0787. The van der Waals surface area contributed by atoms with Crippen molar-refractivity contribution < 1.29 is 14.3 Å². The van der Waals surface area contributed by atoms with Crippen LogP contribution in [0.25, 0.3) is 0 Å². The minimum Gasteiger partial charge on any atom is -0.507 e. The molecule has 18 heavy (non-hydrogen) atoms. The fourth-order valence-corrected chi connectivity index (χ4v) is 1.62. The lowest BCUT2D eigenvalue weighted by Gasteiger charge is -2.19. The highest BCUT2D eigenvalue weighted by Gasteiger charge is 2.15. The minimum absolute atomic E-state index is 0.128. The van der Waals surface area contributed by atoms with E-state index in [0.29, 0.717) is 6.54 Å². The maximum Gasteiger partial charge on any atom is 0.257 e. The van der Waals surface area contributed by atoms with E-state index in [-0.39, 0.29) is 17.2 Å². The summed E-state index contributed by atoms with van der Waals surface area (Å²) in [6.07, 6.45) is 0.844. The number of aromatic hydroxyl groups is 1. The molecule has 0 atom stereocenters. The number of hydrogen-bond acceptors (Lipinski definition) is 3. The van der Waals surface area contributed by atoms with Gasteiger partial charge in [0.2, 0.25) is 0 Å². The van der Waals surface area contributed by atoms with Crippen LogP contribution in [0.15, 0.2) is 18.2 Å². The van der Waals surface area contributed by atoms with Crippen LogP contribution in [0.2, 0.25) is 0 Å². The van der Waals surface area contributed by atoms with Gasteiger partial charge in [0.05, 0.1) is 5.56 Å². The summed E-state index contributed by atoms with van der Waals surface area (Å²) in [5, 5.41) is 9.53. The van der Waals surface area contributed by atoms with Crippen molar-refractivity contribution in [1.82, 2.24) is 9.80 Å². The van der Waals surface area contributed by atoms with Gasteiger partial charge in [-0.05, 0) is 39.2 Å². The molecule has 0 fully saturated rings. The lowest BCUT2D eigenvalue weighted by Crippen LogP contribution is -2.29. The van der Waals surface area contributed by atoms with Crippen LogP contribution in [0, 0.1) is 5.82 Å². The first kappa shape index (κ1) is 14.4. The molecule has 1 rings (SSSR count). The van der Waals surface area contributed by atoms with Gasteiger partial charge in [-0.15, -0.1) is 0 Å². The van der Waals surface area contributed by atoms with Gasteiger partial charge in [-0.2, -0.15) is 0 Å². The van der Waals surface area contributed by atoms with Crippen LogP contribution in [0.5, 0.6) is 5.75 Å². The molecule has 1 aromatic carbocycles. The normalized spacial score (nSPS) is 10.7. The molecule has 0 spiro atoms. The Kier molecular flexibility index (Phi) is 5.09. The molecular weight excluding hydrogens is 235 g/mol. The van der Waals surface area contributed by atoms with Gasteiger partial charge in [0, 0.05) is 19.7 Å². The van der Waals surface area contributed by atoms with Crippen LogP contribution in [-0.2, 0) is 0 Å². The summed E-state index contributed by atoms with van der Waals surface area (Å²) in [6.45, 7) is 1.47. The maximum absolute atomic E-state index is 12.8. The van der Waals surface area contributed by atoms with Crippen molar-refractivity contribution in [3.8, 4) is 5.75 Å². The Balaban J connectivity index is 2.63. The predicted octanol–water partition coefficient (Wildman–Crippen LogP) is 1.55. The summed E-state index contributed by atoms with van der Waals surface area (Å²) in [5.41, 5.74) is 0.128. The quantitative estimate of drug-likeness (QED) is 0.867. The van der Waals surface area contributed by atoms with E-state index >= 15 is 0 Å². The molecule has 1 amide bonds. The summed E-state index contributed by atoms with van der Waals surface area (Å²) in [6, 6.07) is 3.41. The summed E-state index contributed by atoms with van der Waals surface area (Å²) in [5.74, 6) is -1.18. The molecule has 0 saturated carbocycles. The third-order valence-corrected chi connectivity index (χ3v) is 2.64. The van der Waals surface area contributed by atoms with Crippen LogP contribution >= 0.6 is 0 Å². The van der Waals surface area contributed by atoms with Crippen LogP contribution in [0.1, 0.15) is 16.8 Å². The topological polar surface area (TPSA) is 43.8 Å². The van der Waals surface area contributed by atoms with E-state index in [9.17, 15) is 14.3 Å². The zero-order valence-corrected chi connectivity index (χ0v) is 11.0. The summed E-state index contributed by atoms with van der Waals surface area (Å²) in [4.78, 5) is 15.5. The van der Waals surface area contributed by atoms with Crippen LogP contribution < -0.4 is 0 Å². The Morgan fingerprint density at radius 1 is 1.28 bits per heavy atom. The van der Waals surface area contributed by atoms with E-state index in [1.54, 1.807) is 7.05 Å². The molecule has 1 aromatic rings. The second-order valence-electron chi connectivity index (χ2n) is 4.55. The Morgan fingerprint density at radius 2 is 1.94 bits per heavy atom. The zero-order valence-electron chi connectivity index (χ0n) is 11.0. The van der Waals surface area contributed by atoms with Gasteiger partial charge in [0.15, 0.2) is 0 Å². The number of carbonyl (C=O) groups excluding carboxylic acids is 1. The standard InChI is InChI=1S/C13H19FN2O2/c1-15(2)7-4-8-16(3)13(18)11-6-5-10(14)9-12(11)17/h5-6,9,17H,4,7-8H2,1-3H3. The Morgan fingerprint density at radius 3 is 2.50 bits per heavy atom. The smallest absolute Gasteiger partial charge is 0.257 e. The fraction of sp³-hybridized carbons (Fsp3) is 0.462. The summed E-state index contributed by atoms with van der Waals surface area (Å²) in [7, 11) is 5.60. The van der Waals surface area contributed by atoms with Crippen molar-refractivity contribution in [3.05, 3.63) is 29.6 Å². The Bertz CT molecular complexity index is 421.